The van der Waals surface area contributed by atoms with Gasteiger partial charge in [0, 0.05) is 10.8 Å². The molecule has 0 atom stereocenters. The van der Waals surface area contributed by atoms with Crippen LogP contribution in [-0.4, -0.2) is 12.2 Å². The first-order valence-corrected chi connectivity index (χ1v) is 7.62. The molecule has 0 unspecified atom stereocenters. The first-order chi connectivity index (χ1) is 10.1. The van der Waals surface area contributed by atoms with Gasteiger partial charge in [0.1, 0.15) is 5.82 Å². The van der Waals surface area contributed by atoms with Gasteiger partial charge in [-0.3, -0.25) is 0 Å². The van der Waals surface area contributed by atoms with Crippen LogP contribution in [0.4, 0.5) is 4.39 Å². The number of hydrogen-bond acceptors (Lipinski definition) is 3. The molecule has 0 heterocycles. The third-order valence-corrected chi connectivity index (χ3v) is 3.97. The van der Waals surface area contributed by atoms with Gasteiger partial charge in [-0.25, -0.2) is 4.39 Å². The number of aromatic hydroxyl groups is 1. The van der Waals surface area contributed by atoms with Crippen LogP contribution in [0.15, 0.2) is 41.8 Å². The lowest BCUT2D eigenvalue weighted by Crippen LogP contribution is -1.84. The van der Waals surface area contributed by atoms with Crippen molar-refractivity contribution in [2.75, 3.05) is 7.11 Å². The first kappa shape index (κ1) is 15.7. The van der Waals surface area contributed by atoms with Gasteiger partial charge in [-0.2, -0.15) is 0 Å². The molecule has 0 saturated carbocycles. The van der Waals surface area contributed by atoms with E-state index in [0.29, 0.717) is 16.5 Å². The summed E-state index contributed by atoms with van der Waals surface area (Å²) in [6, 6.07) is 9.52. The number of benzene rings is 2. The Morgan fingerprint density at radius 2 is 2.10 bits per heavy atom. The SMILES string of the molecule is COc1cc(C=CSCc2ccc(F)cc2Cl)ccc1O. The van der Waals surface area contributed by atoms with Crippen molar-refractivity contribution >= 4 is 29.4 Å². The van der Waals surface area contributed by atoms with Crippen LogP contribution >= 0.6 is 23.4 Å². The Labute approximate surface area is 132 Å². The Morgan fingerprint density at radius 3 is 2.81 bits per heavy atom. The molecule has 0 fully saturated rings. The zero-order valence-corrected chi connectivity index (χ0v) is 12.9. The van der Waals surface area contributed by atoms with Crippen LogP contribution < -0.4 is 4.74 Å². The summed E-state index contributed by atoms with van der Waals surface area (Å²) < 4.78 is 18.0. The van der Waals surface area contributed by atoms with E-state index in [1.165, 1.54) is 19.2 Å². The maximum absolute atomic E-state index is 12.9. The molecule has 0 aliphatic heterocycles. The molecular weight excluding hydrogens is 311 g/mol. The van der Waals surface area contributed by atoms with Crippen molar-refractivity contribution in [1.29, 1.82) is 0 Å². The summed E-state index contributed by atoms with van der Waals surface area (Å²) in [5.74, 6) is 0.870. The smallest absolute Gasteiger partial charge is 0.161 e. The maximum Gasteiger partial charge on any atom is 0.161 e. The molecule has 5 heteroatoms. The van der Waals surface area contributed by atoms with E-state index < -0.39 is 0 Å². The fraction of sp³-hybridized carbons (Fsp3) is 0.125. The van der Waals surface area contributed by atoms with Crippen molar-refractivity contribution in [1.82, 2.24) is 0 Å². The van der Waals surface area contributed by atoms with Gasteiger partial charge in [0.15, 0.2) is 11.5 Å². The molecule has 0 spiro atoms. The molecule has 1 N–H and O–H groups in total. The quantitative estimate of drug-likeness (QED) is 0.830. The number of phenols is 1. The van der Waals surface area contributed by atoms with E-state index in [4.69, 9.17) is 16.3 Å². The number of hydrogen-bond donors (Lipinski definition) is 1. The molecule has 2 aromatic rings. The Hall–Kier alpha value is -1.65. The van der Waals surface area contributed by atoms with Gasteiger partial charge >= 0.3 is 0 Å². The lowest BCUT2D eigenvalue weighted by Gasteiger charge is -2.04. The van der Waals surface area contributed by atoms with E-state index >= 15 is 0 Å². The molecule has 0 aliphatic rings. The summed E-state index contributed by atoms with van der Waals surface area (Å²) in [6.45, 7) is 0. The second kappa shape index (κ2) is 7.38. The third-order valence-electron chi connectivity index (χ3n) is 2.81. The van der Waals surface area contributed by atoms with Gasteiger partial charge in [-0.1, -0.05) is 23.7 Å². The minimum absolute atomic E-state index is 0.111. The molecule has 21 heavy (non-hydrogen) atoms. The van der Waals surface area contributed by atoms with Crippen LogP contribution in [-0.2, 0) is 5.75 Å². The molecule has 110 valence electrons. The van der Waals surface area contributed by atoms with Crippen LogP contribution in [0.1, 0.15) is 11.1 Å². The number of methoxy groups -OCH3 is 1. The van der Waals surface area contributed by atoms with Gasteiger partial charge < -0.3 is 9.84 Å². The Bertz CT molecular complexity index is 659. The second-order valence-electron chi connectivity index (χ2n) is 4.28. The minimum atomic E-state index is -0.333. The van der Waals surface area contributed by atoms with Gasteiger partial charge in [0.05, 0.1) is 7.11 Å². The van der Waals surface area contributed by atoms with Crippen molar-refractivity contribution in [2.24, 2.45) is 0 Å². The number of phenolic OH excluding ortho intramolecular Hbond substituents is 1. The maximum atomic E-state index is 12.9. The van der Waals surface area contributed by atoms with Crippen LogP contribution in [0, 0.1) is 5.82 Å². The first-order valence-electron chi connectivity index (χ1n) is 6.19. The van der Waals surface area contributed by atoms with E-state index in [0.717, 1.165) is 11.1 Å². The molecule has 0 aromatic heterocycles. The predicted molar refractivity (Wildman–Crippen MR) is 86.4 cm³/mol. The van der Waals surface area contributed by atoms with Crippen LogP contribution in [0.25, 0.3) is 6.08 Å². The zero-order valence-electron chi connectivity index (χ0n) is 11.3. The van der Waals surface area contributed by atoms with Crippen molar-refractivity contribution in [3.8, 4) is 11.5 Å². The number of ether oxygens (including phenoxy) is 1. The standard InChI is InChI=1S/C16H14ClFO2S/c1-20-16-8-11(2-5-15(16)19)6-7-21-10-12-3-4-13(18)9-14(12)17/h2-9,19H,10H2,1H3. The molecule has 2 aromatic carbocycles. The molecule has 0 bridgehead atoms. The van der Waals surface area contributed by atoms with Crippen LogP contribution in [0.5, 0.6) is 11.5 Å². The second-order valence-corrected chi connectivity index (χ2v) is 5.58. The lowest BCUT2D eigenvalue weighted by molar-refractivity contribution is 0.373. The van der Waals surface area contributed by atoms with E-state index in [2.05, 4.69) is 0 Å². The van der Waals surface area contributed by atoms with Crippen molar-refractivity contribution < 1.29 is 14.2 Å². The molecule has 0 radical (unpaired) electrons. The Kier molecular flexibility index (Phi) is 5.53. The van der Waals surface area contributed by atoms with E-state index in [-0.39, 0.29) is 11.6 Å². The summed E-state index contributed by atoms with van der Waals surface area (Å²) >= 11 is 7.51. The summed E-state index contributed by atoms with van der Waals surface area (Å²) in [6.07, 6.45) is 1.91. The number of thioether (sulfide) groups is 1. The topological polar surface area (TPSA) is 29.5 Å². The van der Waals surface area contributed by atoms with Gasteiger partial charge in [0.25, 0.3) is 0 Å². The van der Waals surface area contributed by atoms with Crippen molar-refractivity contribution in [2.45, 2.75) is 5.75 Å². The van der Waals surface area contributed by atoms with E-state index in [1.807, 2.05) is 11.5 Å². The average molecular weight is 325 g/mol. The fourth-order valence-corrected chi connectivity index (χ4v) is 2.80. The summed E-state index contributed by atoms with van der Waals surface area (Å²) in [5.41, 5.74) is 1.80. The Balaban J connectivity index is 1.96. The van der Waals surface area contributed by atoms with Crippen molar-refractivity contribution in [3.63, 3.8) is 0 Å². The number of halogens is 2. The highest BCUT2D eigenvalue weighted by Crippen LogP contribution is 2.28. The predicted octanol–water partition coefficient (Wildman–Crippen LogP) is 5.10. The highest BCUT2D eigenvalue weighted by atomic mass is 35.5. The highest BCUT2D eigenvalue weighted by Gasteiger charge is 2.02. The van der Waals surface area contributed by atoms with Gasteiger partial charge in [0.2, 0.25) is 0 Å². The molecule has 2 nitrogen and oxygen atoms in total. The van der Waals surface area contributed by atoms with Crippen LogP contribution in [0.2, 0.25) is 5.02 Å². The largest absolute Gasteiger partial charge is 0.504 e. The Morgan fingerprint density at radius 1 is 1.29 bits per heavy atom. The normalized spacial score (nSPS) is 11.0. The summed E-state index contributed by atoms with van der Waals surface area (Å²) in [5, 5.41) is 11.9. The molecule has 0 amide bonds. The minimum Gasteiger partial charge on any atom is -0.504 e. The van der Waals surface area contributed by atoms with Gasteiger partial charge in [-0.15, -0.1) is 11.8 Å². The summed E-state index contributed by atoms with van der Waals surface area (Å²) in [7, 11) is 1.51. The lowest BCUT2D eigenvalue weighted by atomic mass is 10.2. The van der Waals surface area contributed by atoms with Crippen molar-refractivity contribution in [3.05, 3.63) is 63.8 Å². The monoisotopic (exact) mass is 324 g/mol. The average Bonchev–Trinajstić information content (AvgIpc) is 2.47. The highest BCUT2D eigenvalue weighted by molar-refractivity contribution is 8.01. The third kappa shape index (κ3) is 4.41. The fourth-order valence-electron chi connectivity index (χ4n) is 1.70. The summed E-state index contributed by atoms with van der Waals surface area (Å²) in [4.78, 5) is 0. The number of rotatable bonds is 5. The molecule has 0 aliphatic carbocycles. The van der Waals surface area contributed by atoms with Gasteiger partial charge in [-0.05, 0) is 46.9 Å². The molecule has 0 saturated heterocycles. The molecule has 2 rings (SSSR count). The van der Waals surface area contributed by atoms with E-state index in [9.17, 15) is 9.50 Å². The zero-order chi connectivity index (χ0) is 15.2. The van der Waals surface area contributed by atoms with E-state index in [1.54, 1.807) is 36.0 Å². The molecular formula is C16H14ClFO2S. The van der Waals surface area contributed by atoms with Crippen LogP contribution in [0.3, 0.4) is 0 Å².